The maximum Gasteiger partial charge on any atom is 0.139 e. The molecule has 0 aliphatic carbocycles. The Morgan fingerprint density at radius 1 is 1.64 bits per heavy atom. The van der Waals surface area contributed by atoms with Crippen LogP contribution in [0.3, 0.4) is 0 Å². The standard InChI is InChI=1S/C6H12ClN3S/c1-8-9-3-4-10(11-2)6(9)5-7/h3-4,6,8H,5H2,1-2H3. The Bertz CT molecular complexity index is 139. The van der Waals surface area contributed by atoms with Gasteiger partial charge in [-0.3, -0.25) is 9.31 Å². The molecule has 0 fully saturated rings. The van der Waals surface area contributed by atoms with Gasteiger partial charge < -0.3 is 0 Å². The Kier molecular flexibility index (Phi) is 3.36. The van der Waals surface area contributed by atoms with Crippen LogP contribution in [0.1, 0.15) is 0 Å². The number of alkyl halides is 1. The van der Waals surface area contributed by atoms with Gasteiger partial charge >= 0.3 is 0 Å². The van der Waals surface area contributed by atoms with E-state index in [1.807, 2.05) is 30.7 Å². The Morgan fingerprint density at radius 3 is 2.82 bits per heavy atom. The summed E-state index contributed by atoms with van der Waals surface area (Å²) in [5, 5.41) is 1.98. The molecule has 0 aromatic rings. The lowest BCUT2D eigenvalue weighted by Crippen LogP contribution is -2.43. The highest BCUT2D eigenvalue weighted by atomic mass is 35.5. The molecule has 0 spiro atoms. The van der Waals surface area contributed by atoms with E-state index in [1.54, 1.807) is 11.9 Å². The number of hydrogen-bond donors (Lipinski definition) is 1. The summed E-state index contributed by atoms with van der Waals surface area (Å²) < 4.78 is 2.10. The van der Waals surface area contributed by atoms with E-state index in [0.29, 0.717) is 5.88 Å². The van der Waals surface area contributed by atoms with E-state index in [4.69, 9.17) is 11.6 Å². The molecule has 1 unspecified atom stereocenters. The van der Waals surface area contributed by atoms with Crippen molar-refractivity contribution in [3.8, 4) is 0 Å². The molecule has 0 saturated heterocycles. The number of nitrogens with zero attached hydrogens (tertiary/aromatic N) is 2. The van der Waals surface area contributed by atoms with Gasteiger partial charge in [-0.15, -0.1) is 11.6 Å². The lowest BCUT2D eigenvalue weighted by Gasteiger charge is -2.28. The van der Waals surface area contributed by atoms with Crippen molar-refractivity contribution in [1.82, 2.24) is 14.7 Å². The Hall–Kier alpha value is -0.0600. The zero-order valence-corrected chi connectivity index (χ0v) is 8.19. The van der Waals surface area contributed by atoms with Gasteiger partial charge in [0.05, 0.1) is 5.88 Å². The summed E-state index contributed by atoms with van der Waals surface area (Å²) in [4.78, 5) is 0. The van der Waals surface area contributed by atoms with Crippen molar-refractivity contribution in [3.05, 3.63) is 12.4 Å². The molecule has 1 N–H and O–H groups in total. The quantitative estimate of drug-likeness (QED) is 0.534. The first-order chi connectivity index (χ1) is 5.33. The van der Waals surface area contributed by atoms with Crippen molar-refractivity contribution in [1.29, 1.82) is 0 Å². The predicted octanol–water partition coefficient (Wildman–Crippen LogP) is 1.05. The van der Waals surface area contributed by atoms with Crippen LogP contribution in [0, 0.1) is 0 Å². The summed E-state index contributed by atoms with van der Waals surface area (Å²) in [7, 11) is 1.88. The second-order valence-corrected chi connectivity index (χ2v) is 3.20. The van der Waals surface area contributed by atoms with Crippen LogP contribution in [0.25, 0.3) is 0 Å². The predicted molar refractivity (Wildman–Crippen MR) is 49.9 cm³/mol. The van der Waals surface area contributed by atoms with E-state index in [-0.39, 0.29) is 6.17 Å². The van der Waals surface area contributed by atoms with E-state index in [9.17, 15) is 0 Å². The highest BCUT2D eigenvalue weighted by Crippen LogP contribution is 2.21. The molecule has 1 aliphatic heterocycles. The minimum atomic E-state index is 0.233. The Morgan fingerprint density at radius 2 is 2.36 bits per heavy atom. The smallest absolute Gasteiger partial charge is 0.139 e. The Labute approximate surface area is 76.5 Å². The van der Waals surface area contributed by atoms with E-state index in [1.165, 1.54) is 0 Å². The lowest BCUT2D eigenvalue weighted by molar-refractivity contribution is 0.194. The van der Waals surface area contributed by atoms with E-state index in [0.717, 1.165) is 0 Å². The first-order valence-electron chi connectivity index (χ1n) is 3.36. The maximum atomic E-state index is 5.78. The van der Waals surface area contributed by atoms with Crippen molar-refractivity contribution in [2.24, 2.45) is 0 Å². The average molecular weight is 194 g/mol. The highest BCUT2D eigenvalue weighted by Gasteiger charge is 2.23. The summed E-state index contributed by atoms with van der Waals surface area (Å²) in [6.07, 6.45) is 6.25. The van der Waals surface area contributed by atoms with Crippen LogP contribution >= 0.6 is 23.5 Å². The second kappa shape index (κ2) is 4.09. The third kappa shape index (κ3) is 1.75. The molecule has 0 saturated carbocycles. The molecule has 0 amide bonds. The van der Waals surface area contributed by atoms with E-state index < -0.39 is 0 Å². The molecule has 0 aromatic heterocycles. The number of nitrogens with one attached hydrogen (secondary N) is 1. The fraction of sp³-hybridized carbons (Fsp3) is 0.667. The lowest BCUT2D eigenvalue weighted by atomic mass is 10.6. The number of rotatable bonds is 3. The largest absolute Gasteiger partial charge is 0.298 e. The normalized spacial score (nSPS) is 23.4. The highest BCUT2D eigenvalue weighted by molar-refractivity contribution is 7.96. The molecule has 0 radical (unpaired) electrons. The van der Waals surface area contributed by atoms with Crippen LogP contribution in [0.15, 0.2) is 12.4 Å². The second-order valence-electron chi connectivity index (χ2n) is 2.11. The molecule has 0 bridgehead atoms. The minimum absolute atomic E-state index is 0.233. The molecule has 1 heterocycles. The van der Waals surface area contributed by atoms with Crippen molar-refractivity contribution in [2.45, 2.75) is 6.17 Å². The van der Waals surface area contributed by atoms with Crippen molar-refractivity contribution in [3.63, 3.8) is 0 Å². The summed E-state index contributed by atoms with van der Waals surface area (Å²) in [6, 6.07) is 0. The van der Waals surface area contributed by atoms with E-state index >= 15 is 0 Å². The monoisotopic (exact) mass is 193 g/mol. The molecule has 64 valence electrons. The number of halogens is 1. The van der Waals surface area contributed by atoms with Gasteiger partial charge in [0.1, 0.15) is 6.17 Å². The first kappa shape index (κ1) is 9.03. The average Bonchev–Trinajstić information content (AvgIpc) is 2.45. The maximum absolute atomic E-state index is 5.78. The van der Waals surface area contributed by atoms with Gasteiger partial charge in [-0.2, -0.15) is 0 Å². The first-order valence-corrected chi connectivity index (χ1v) is 5.07. The zero-order valence-electron chi connectivity index (χ0n) is 6.62. The van der Waals surface area contributed by atoms with Gasteiger partial charge in [-0.25, -0.2) is 5.43 Å². The van der Waals surface area contributed by atoms with Crippen molar-refractivity contribution < 1.29 is 0 Å². The molecule has 3 nitrogen and oxygen atoms in total. The molecule has 1 aliphatic rings. The molecule has 1 atom stereocenters. The molecule has 1 rings (SSSR count). The molecule has 11 heavy (non-hydrogen) atoms. The van der Waals surface area contributed by atoms with Crippen molar-refractivity contribution >= 4 is 23.5 Å². The number of hydrogen-bond acceptors (Lipinski definition) is 4. The van der Waals surface area contributed by atoms with Gasteiger partial charge in [0, 0.05) is 25.7 Å². The summed E-state index contributed by atoms with van der Waals surface area (Å²) in [5.41, 5.74) is 3.04. The third-order valence-corrected chi connectivity index (χ3v) is 2.66. The van der Waals surface area contributed by atoms with Crippen LogP contribution in [0.4, 0.5) is 0 Å². The van der Waals surface area contributed by atoms with Crippen LogP contribution in [-0.2, 0) is 0 Å². The van der Waals surface area contributed by atoms with Crippen LogP contribution in [0.5, 0.6) is 0 Å². The van der Waals surface area contributed by atoms with Crippen LogP contribution in [0.2, 0.25) is 0 Å². The Balaban J connectivity index is 2.54. The summed E-state index contributed by atoms with van der Waals surface area (Å²) in [6.45, 7) is 0. The van der Waals surface area contributed by atoms with Crippen molar-refractivity contribution in [2.75, 3.05) is 19.2 Å². The van der Waals surface area contributed by atoms with E-state index in [2.05, 4.69) is 9.73 Å². The SMILES string of the molecule is CNN1C=CN(SC)C1CCl. The molecule has 0 aromatic carbocycles. The fourth-order valence-corrected chi connectivity index (χ4v) is 1.98. The summed E-state index contributed by atoms with van der Waals surface area (Å²) in [5.74, 6) is 0.592. The molecular formula is C6H12ClN3S. The molecular weight excluding hydrogens is 182 g/mol. The van der Waals surface area contributed by atoms with Gasteiger partial charge in [0.2, 0.25) is 0 Å². The fourth-order valence-electron chi connectivity index (χ4n) is 1.01. The van der Waals surface area contributed by atoms with Crippen LogP contribution in [-0.4, -0.2) is 34.7 Å². The third-order valence-electron chi connectivity index (χ3n) is 1.60. The molecule has 5 heteroatoms. The number of hydrazine groups is 1. The zero-order chi connectivity index (χ0) is 8.27. The van der Waals surface area contributed by atoms with Gasteiger partial charge in [-0.05, 0) is 0 Å². The van der Waals surface area contributed by atoms with Gasteiger partial charge in [0.25, 0.3) is 0 Å². The topological polar surface area (TPSA) is 18.5 Å². The van der Waals surface area contributed by atoms with Gasteiger partial charge in [-0.1, -0.05) is 11.9 Å². The minimum Gasteiger partial charge on any atom is -0.298 e. The summed E-state index contributed by atoms with van der Waals surface area (Å²) >= 11 is 7.44. The van der Waals surface area contributed by atoms with Gasteiger partial charge in [0.15, 0.2) is 0 Å². The van der Waals surface area contributed by atoms with Crippen LogP contribution < -0.4 is 5.43 Å².